The maximum Gasteiger partial charge on any atom is 0.305 e. The van der Waals surface area contributed by atoms with E-state index in [1.165, 1.54) is 18.2 Å². The number of amides is 1. The first-order valence-corrected chi connectivity index (χ1v) is 8.02. The summed E-state index contributed by atoms with van der Waals surface area (Å²) in [5.74, 6) is -2.09. The molecule has 0 saturated heterocycles. The Morgan fingerprint density at radius 2 is 1.93 bits per heavy atom. The maximum atomic E-state index is 13.5. The van der Waals surface area contributed by atoms with Crippen LogP contribution >= 0.6 is 0 Å². The van der Waals surface area contributed by atoms with E-state index in [9.17, 15) is 18.4 Å². The van der Waals surface area contributed by atoms with Crippen LogP contribution in [0.25, 0.3) is 0 Å². The van der Waals surface area contributed by atoms with Crippen molar-refractivity contribution >= 4 is 5.91 Å². The number of hydrogen-bond acceptors (Lipinski definition) is 4. The second kappa shape index (κ2) is 7.45. The zero-order valence-corrected chi connectivity index (χ0v) is 14.6. The number of halogens is 2. The van der Waals surface area contributed by atoms with E-state index in [1.54, 1.807) is 19.9 Å². The van der Waals surface area contributed by atoms with Crippen LogP contribution in [-0.2, 0) is 6.61 Å². The van der Waals surface area contributed by atoms with Gasteiger partial charge in [0.15, 0.2) is 17.3 Å². The molecule has 27 heavy (non-hydrogen) atoms. The molecule has 6 nitrogen and oxygen atoms in total. The third kappa shape index (κ3) is 4.22. The Morgan fingerprint density at radius 1 is 1.15 bits per heavy atom. The Balaban J connectivity index is 1.68. The maximum absolute atomic E-state index is 13.5. The van der Waals surface area contributed by atoms with Gasteiger partial charge in [-0.25, -0.2) is 13.5 Å². The molecule has 1 amide bonds. The number of carbonyl (C=O) groups excluding carboxylic acids is 1. The molecule has 0 atom stereocenters. The SMILES string of the molecule is Cc1cc(C)n(NC(=O)c2ccc(COc3ccc(F)cc3F)o2)c(=O)c1. The van der Waals surface area contributed by atoms with Crippen LogP contribution in [0.15, 0.2) is 51.7 Å². The van der Waals surface area contributed by atoms with Crippen molar-refractivity contribution in [1.29, 1.82) is 0 Å². The summed E-state index contributed by atoms with van der Waals surface area (Å²) < 4.78 is 38.1. The lowest BCUT2D eigenvalue weighted by molar-refractivity contribution is 0.0976. The van der Waals surface area contributed by atoms with Crippen molar-refractivity contribution < 1.29 is 22.7 Å². The number of ether oxygens (including phenoxy) is 1. The van der Waals surface area contributed by atoms with Gasteiger partial charge in [-0.1, -0.05) is 0 Å². The van der Waals surface area contributed by atoms with Gasteiger partial charge in [-0.2, -0.15) is 0 Å². The van der Waals surface area contributed by atoms with Crippen LogP contribution in [0.5, 0.6) is 5.75 Å². The summed E-state index contributed by atoms with van der Waals surface area (Å²) in [5.41, 5.74) is 3.43. The molecule has 0 aliphatic carbocycles. The number of nitrogens with zero attached hydrogens (tertiary/aromatic N) is 1. The largest absolute Gasteiger partial charge is 0.483 e. The van der Waals surface area contributed by atoms with Gasteiger partial charge in [0, 0.05) is 17.8 Å². The van der Waals surface area contributed by atoms with Crippen LogP contribution in [0.3, 0.4) is 0 Å². The number of carbonyl (C=O) groups is 1. The topological polar surface area (TPSA) is 73.5 Å². The minimum Gasteiger partial charge on any atom is -0.483 e. The molecule has 1 aromatic carbocycles. The normalized spacial score (nSPS) is 10.7. The number of hydrogen-bond donors (Lipinski definition) is 1. The predicted octanol–water partition coefficient (Wildman–Crippen LogP) is 3.30. The molecule has 2 aromatic heterocycles. The molecule has 1 N–H and O–H groups in total. The molecule has 0 unspecified atom stereocenters. The summed E-state index contributed by atoms with van der Waals surface area (Å²) in [5, 5.41) is 0. The molecule has 140 valence electrons. The molecule has 0 aliphatic heterocycles. The molecule has 3 aromatic rings. The van der Waals surface area contributed by atoms with Crippen molar-refractivity contribution in [1.82, 2.24) is 4.68 Å². The average Bonchev–Trinajstić information content (AvgIpc) is 3.06. The van der Waals surface area contributed by atoms with Crippen LogP contribution in [0.2, 0.25) is 0 Å². The molecule has 0 saturated carbocycles. The van der Waals surface area contributed by atoms with E-state index in [0.717, 1.165) is 22.4 Å². The van der Waals surface area contributed by atoms with Crippen LogP contribution in [0, 0.1) is 25.5 Å². The predicted molar refractivity (Wildman–Crippen MR) is 93.3 cm³/mol. The molecule has 2 heterocycles. The third-order valence-corrected chi connectivity index (χ3v) is 3.72. The van der Waals surface area contributed by atoms with Crippen molar-refractivity contribution in [2.45, 2.75) is 20.5 Å². The lowest BCUT2D eigenvalue weighted by Gasteiger charge is -2.10. The molecule has 8 heteroatoms. The van der Waals surface area contributed by atoms with Crippen molar-refractivity contribution in [3.8, 4) is 5.75 Å². The van der Waals surface area contributed by atoms with Gasteiger partial charge in [-0.3, -0.25) is 15.0 Å². The average molecular weight is 374 g/mol. The molecule has 0 radical (unpaired) electrons. The Morgan fingerprint density at radius 3 is 2.63 bits per heavy atom. The number of aryl methyl sites for hydroxylation is 2. The standard InChI is InChI=1S/C19H16F2N2O4/c1-11-7-12(2)23(18(24)8-11)22-19(25)17-6-4-14(27-17)10-26-16-5-3-13(20)9-15(16)21/h3-9H,10H2,1-2H3,(H,22,25). The molecular formula is C19H16F2N2O4. The zero-order valence-electron chi connectivity index (χ0n) is 14.6. The second-order valence-corrected chi connectivity index (χ2v) is 5.92. The minimum absolute atomic E-state index is 0.0416. The highest BCUT2D eigenvalue weighted by Gasteiger charge is 2.14. The monoisotopic (exact) mass is 374 g/mol. The van der Waals surface area contributed by atoms with Crippen LogP contribution in [0.1, 0.15) is 27.6 Å². The van der Waals surface area contributed by atoms with E-state index in [4.69, 9.17) is 9.15 Å². The summed E-state index contributed by atoms with van der Waals surface area (Å²) in [7, 11) is 0. The smallest absolute Gasteiger partial charge is 0.305 e. The number of pyridine rings is 1. The van der Waals surface area contributed by atoms with Crippen molar-refractivity contribution in [2.75, 3.05) is 5.43 Å². The van der Waals surface area contributed by atoms with Gasteiger partial charge in [-0.05, 0) is 49.7 Å². The number of benzene rings is 1. The second-order valence-electron chi connectivity index (χ2n) is 5.92. The van der Waals surface area contributed by atoms with E-state index in [1.807, 2.05) is 0 Å². The van der Waals surface area contributed by atoms with E-state index < -0.39 is 17.5 Å². The van der Waals surface area contributed by atoms with Gasteiger partial charge in [0.25, 0.3) is 5.56 Å². The van der Waals surface area contributed by atoms with E-state index in [-0.39, 0.29) is 29.4 Å². The fourth-order valence-corrected chi connectivity index (χ4v) is 2.49. The molecular weight excluding hydrogens is 358 g/mol. The first-order valence-electron chi connectivity index (χ1n) is 8.02. The molecule has 0 aliphatic rings. The third-order valence-electron chi connectivity index (χ3n) is 3.72. The number of furan rings is 1. The number of rotatable bonds is 5. The van der Waals surface area contributed by atoms with Gasteiger partial charge in [-0.15, -0.1) is 0 Å². The van der Waals surface area contributed by atoms with Gasteiger partial charge in [0.2, 0.25) is 0 Å². The van der Waals surface area contributed by atoms with Crippen LogP contribution in [-0.4, -0.2) is 10.6 Å². The Kier molecular flexibility index (Phi) is 5.07. The Hall–Kier alpha value is -3.42. The molecule has 0 bridgehead atoms. The van der Waals surface area contributed by atoms with Gasteiger partial charge in [0.1, 0.15) is 18.2 Å². The summed E-state index contributed by atoms with van der Waals surface area (Å²) in [6.07, 6.45) is 0. The van der Waals surface area contributed by atoms with Gasteiger partial charge in [0.05, 0.1) is 0 Å². The highest BCUT2D eigenvalue weighted by molar-refractivity contribution is 5.97. The Bertz CT molecular complexity index is 1060. The fraction of sp³-hybridized carbons (Fsp3) is 0.158. The van der Waals surface area contributed by atoms with Crippen molar-refractivity contribution in [2.24, 2.45) is 0 Å². The summed E-state index contributed by atoms with van der Waals surface area (Å²) in [4.78, 5) is 24.3. The lowest BCUT2D eigenvalue weighted by Crippen LogP contribution is -2.34. The number of nitrogens with one attached hydrogen (secondary N) is 1. The molecule has 0 fully saturated rings. The Labute approximate surface area is 153 Å². The van der Waals surface area contributed by atoms with Crippen molar-refractivity contribution in [3.63, 3.8) is 0 Å². The first-order chi connectivity index (χ1) is 12.8. The highest BCUT2D eigenvalue weighted by Crippen LogP contribution is 2.19. The zero-order chi connectivity index (χ0) is 19.6. The quantitative estimate of drug-likeness (QED) is 0.744. The summed E-state index contributed by atoms with van der Waals surface area (Å²) in [6.45, 7) is 3.32. The van der Waals surface area contributed by atoms with E-state index in [2.05, 4.69) is 5.43 Å². The summed E-state index contributed by atoms with van der Waals surface area (Å²) >= 11 is 0. The van der Waals surface area contributed by atoms with Crippen LogP contribution < -0.4 is 15.7 Å². The van der Waals surface area contributed by atoms with Gasteiger partial charge < -0.3 is 9.15 Å². The molecule has 3 rings (SSSR count). The van der Waals surface area contributed by atoms with Crippen LogP contribution in [0.4, 0.5) is 8.78 Å². The summed E-state index contributed by atoms with van der Waals surface area (Å²) in [6, 6.07) is 8.98. The minimum atomic E-state index is -0.839. The van der Waals surface area contributed by atoms with Gasteiger partial charge >= 0.3 is 5.91 Å². The van der Waals surface area contributed by atoms with E-state index in [0.29, 0.717) is 11.8 Å². The molecule has 0 spiro atoms. The fourth-order valence-electron chi connectivity index (χ4n) is 2.49. The van der Waals surface area contributed by atoms with E-state index >= 15 is 0 Å². The first kappa shape index (κ1) is 18.4. The highest BCUT2D eigenvalue weighted by atomic mass is 19.1. The number of aromatic nitrogens is 1. The van der Waals surface area contributed by atoms with Crippen molar-refractivity contribution in [3.05, 3.63) is 87.2 Å². The lowest BCUT2D eigenvalue weighted by atomic mass is 10.2.